The first-order chi connectivity index (χ1) is 10.8. The molecule has 9 heteroatoms. The van der Waals surface area contributed by atoms with Crippen LogP contribution in [0, 0.1) is 17.0 Å². The molecule has 2 aromatic rings. The topological polar surface area (TPSA) is 122 Å². The molecule has 2 aromatic carbocycles. The summed E-state index contributed by atoms with van der Waals surface area (Å²) in [6, 6.07) is 9.49. The van der Waals surface area contributed by atoms with E-state index in [2.05, 4.69) is 5.10 Å². The number of hydrogen-bond donors (Lipinski definition) is 2. The van der Waals surface area contributed by atoms with Crippen molar-refractivity contribution in [3.05, 3.63) is 63.7 Å². The molecule has 0 saturated carbocycles. The van der Waals surface area contributed by atoms with E-state index in [0.717, 1.165) is 30.0 Å². The number of nitro benzene ring substituents is 1. The number of hydrogen-bond acceptors (Lipinski definition) is 6. The maximum absolute atomic E-state index is 12.0. The normalized spacial score (nSPS) is 11.5. The summed E-state index contributed by atoms with van der Waals surface area (Å²) in [5, 5.41) is 23.7. The van der Waals surface area contributed by atoms with Gasteiger partial charge >= 0.3 is 0 Å². The highest BCUT2D eigenvalue weighted by Crippen LogP contribution is 2.21. The fourth-order valence-electron chi connectivity index (χ4n) is 1.75. The zero-order valence-electron chi connectivity index (χ0n) is 12.0. The van der Waals surface area contributed by atoms with Crippen LogP contribution in [0.15, 0.2) is 52.5 Å². The molecular formula is C14H13N3O5S. The van der Waals surface area contributed by atoms with Crippen molar-refractivity contribution in [3.8, 4) is 5.75 Å². The van der Waals surface area contributed by atoms with Crippen molar-refractivity contribution >= 4 is 21.9 Å². The molecule has 23 heavy (non-hydrogen) atoms. The Morgan fingerprint density at radius 3 is 2.48 bits per heavy atom. The summed E-state index contributed by atoms with van der Waals surface area (Å²) in [4.78, 5) is 12.2. The SMILES string of the molecule is Cc1ccc(S(=O)(=O)NN=Cc2cc(O)ccc2[N+](=O)[O-])cc1. The Bertz CT molecular complexity index is 860. The van der Waals surface area contributed by atoms with E-state index in [9.17, 15) is 23.6 Å². The molecular weight excluding hydrogens is 322 g/mol. The highest BCUT2D eigenvalue weighted by molar-refractivity contribution is 7.89. The number of aryl methyl sites for hydroxylation is 1. The Labute approximate surface area is 132 Å². The second kappa shape index (κ2) is 6.44. The lowest BCUT2D eigenvalue weighted by Gasteiger charge is -2.03. The van der Waals surface area contributed by atoms with Crippen LogP contribution >= 0.6 is 0 Å². The van der Waals surface area contributed by atoms with Gasteiger partial charge in [-0.1, -0.05) is 17.7 Å². The Morgan fingerprint density at radius 2 is 1.87 bits per heavy atom. The molecule has 0 spiro atoms. The molecule has 0 radical (unpaired) electrons. The number of nitrogens with one attached hydrogen (secondary N) is 1. The van der Waals surface area contributed by atoms with Crippen LogP contribution in [-0.2, 0) is 10.0 Å². The van der Waals surface area contributed by atoms with Crippen molar-refractivity contribution in [3.63, 3.8) is 0 Å². The van der Waals surface area contributed by atoms with Gasteiger partial charge in [-0.25, -0.2) is 4.83 Å². The van der Waals surface area contributed by atoms with Gasteiger partial charge < -0.3 is 5.11 Å². The van der Waals surface area contributed by atoms with Crippen LogP contribution in [0.4, 0.5) is 5.69 Å². The Balaban J connectivity index is 2.23. The third-order valence-corrected chi connectivity index (χ3v) is 4.15. The van der Waals surface area contributed by atoms with Crippen LogP contribution in [-0.4, -0.2) is 24.7 Å². The van der Waals surface area contributed by atoms with E-state index in [1.807, 2.05) is 11.8 Å². The third-order valence-electron chi connectivity index (χ3n) is 2.92. The number of benzene rings is 2. The van der Waals surface area contributed by atoms with E-state index in [0.29, 0.717) is 0 Å². The fourth-order valence-corrected chi connectivity index (χ4v) is 2.54. The van der Waals surface area contributed by atoms with Gasteiger partial charge in [0.1, 0.15) is 5.75 Å². The largest absolute Gasteiger partial charge is 0.508 e. The molecule has 0 fully saturated rings. The van der Waals surface area contributed by atoms with Gasteiger partial charge in [-0.15, -0.1) is 0 Å². The van der Waals surface area contributed by atoms with Gasteiger partial charge in [0.05, 0.1) is 21.6 Å². The number of sulfonamides is 1. The molecule has 0 aromatic heterocycles. The van der Waals surface area contributed by atoms with Crippen molar-refractivity contribution in [2.75, 3.05) is 0 Å². The van der Waals surface area contributed by atoms with Crippen molar-refractivity contribution in [2.24, 2.45) is 5.10 Å². The van der Waals surface area contributed by atoms with Crippen LogP contribution < -0.4 is 4.83 Å². The number of nitro groups is 1. The van der Waals surface area contributed by atoms with Gasteiger partial charge in [0, 0.05) is 6.07 Å². The Hall–Kier alpha value is -2.94. The second-order valence-electron chi connectivity index (χ2n) is 4.67. The molecule has 0 amide bonds. The molecule has 0 aliphatic carbocycles. The molecule has 8 nitrogen and oxygen atoms in total. The minimum Gasteiger partial charge on any atom is -0.508 e. The fraction of sp³-hybridized carbons (Fsp3) is 0.0714. The molecule has 0 aliphatic heterocycles. The maximum Gasteiger partial charge on any atom is 0.278 e. The van der Waals surface area contributed by atoms with Crippen molar-refractivity contribution in [2.45, 2.75) is 11.8 Å². The molecule has 0 aliphatic rings. The molecule has 120 valence electrons. The summed E-state index contributed by atoms with van der Waals surface area (Å²) in [6.07, 6.45) is 0.962. The van der Waals surface area contributed by atoms with E-state index in [1.54, 1.807) is 12.1 Å². The number of nitrogens with zero attached hydrogens (tertiary/aromatic N) is 2. The van der Waals surface area contributed by atoms with Gasteiger partial charge in [0.15, 0.2) is 0 Å². The lowest BCUT2D eigenvalue weighted by Crippen LogP contribution is -2.18. The standard InChI is InChI=1S/C14H13N3O5S/c1-10-2-5-13(6-3-10)23(21,22)16-15-9-11-8-12(18)4-7-14(11)17(19)20/h2-9,16,18H,1H3. The summed E-state index contributed by atoms with van der Waals surface area (Å²) in [7, 11) is -3.87. The summed E-state index contributed by atoms with van der Waals surface area (Å²) in [5.41, 5.74) is 0.575. The number of aromatic hydroxyl groups is 1. The van der Waals surface area contributed by atoms with Crippen LogP contribution in [0.25, 0.3) is 0 Å². The first-order valence-corrected chi connectivity index (χ1v) is 7.87. The van der Waals surface area contributed by atoms with Crippen molar-refractivity contribution in [1.82, 2.24) is 4.83 Å². The van der Waals surface area contributed by atoms with Crippen LogP contribution in [0.2, 0.25) is 0 Å². The zero-order chi connectivity index (χ0) is 17.0. The lowest BCUT2D eigenvalue weighted by atomic mass is 10.2. The van der Waals surface area contributed by atoms with E-state index in [-0.39, 0.29) is 21.9 Å². The Kier molecular flexibility index (Phi) is 4.60. The van der Waals surface area contributed by atoms with Crippen LogP contribution in [0.3, 0.4) is 0 Å². The van der Waals surface area contributed by atoms with E-state index >= 15 is 0 Å². The average Bonchev–Trinajstić information content (AvgIpc) is 2.47. The molecule has 2 N–H and O–H groups in total. The summed E-state index contributed by atoms with van der Waals surface area (Å²) in [6.45, 7) is 1.82. The van der Waals surface area contributed by atoms with Gasteiger partial charge in [-0.3, -0.25) is 10.1 Å². The van der Waals surface area contributed by atoms with Gasteiger partial charge in [-0.2, -0.15) is 13.5 Å². The molecule has 0 atom stereocenters. The van der Waals surface area contributed by atoms with Gasteiger partial charge in [0.25, 0.3) is 15.7 Å². The van der Waals surface area contributed by atoms with Crippen LogP contribution in [0.1, 0.15) is 11.1 Å². The Morgan fingerprint density at radius 1 is 1.22 bits per heavy atom. The predicted molar refractivity (Wildman–Crippen MR) is 83.9 cm³/mol. The number of hydrazone groups is 1. The smallest absolute Gasteiger partial charge is 0.278 e. The highest BCUT2D eigenvalue weighted by Gasteiger charge is 2.14. The number of phenolic OH excluding ortho intramolecular Hbond substituents is 1. The predicted octanol–water partition coefficient (Wildman–Crippen LogP) is 1.92. The highest BCUT2D eigenvalue weighted by atomic mass is 32.2. The van der Waals surface area contributed by atoms with E-state index in [1.165, 1.54) is 12.1 Å². The third kappa shape index (κ3) is 4.04. The van der Waals surface area contributed by atoms with Gasteiger partial charge in [-0.05, 0) is 31.2 Å². The molecule has 0 bridgehead atoms. The minimum atomic E-state index is -3.87. The number of rotatable bonds is 5. The monoisotopic (exact) mass is 335 g/mol. The quantitative estimate of drug-likeness (QED) is 0.491. The van der Waals surface area contributed by atoms with Crippen molar-refractivity contribution in [1.29, 1.82) is 0 Å². The van der Waals surface area contributed by atoms with Crippen LogP contribution in [0.5, 0.6) is 5.75 Å². The zero-order valence-corrected chi connectivity index (χ0v) is 12.8. The average molecular weight is 335 g/mol. The molecule has 2 rings (SSSR count). The first-order valence-electron chi connectivity index (χ1n) is 6.38. The molecule has 0 heterocycles. The molecule has 0 unspecified atom stereocenters. The summed E-state index contributed by atoms with van der Waals surface area (Å²) < 4.78 is 24.0. The lowest BCUT2D eigenvalue weighted by molar-refractivity contribution is -0.385. The first kappa shape index (κ1) is 16.4. The molecule has 0 saturated heterocycles. The maximum atomic E-state index is 12.0. The second-order valence-corrected chi connectivity index (χ2v) is 6.33. The van der Waals surface area contributed by atoms with Gasteiger partial charge in [0.2, 0.25) is 0 Å². The van der Waals surface area contributed by atoms with E-state index in [4.69, 9.17) is 0 Å². The number of phenols is 1. The van der Waals surface area contributed by atoms with E-state index < -0.39 is 14.9 Å². The summed E-state index contributed by atoms with van der Waals surface area (Å²) in [5.74, 6) is -0.196. The summed E-state index contributed by atoms with van der Waals surface area (Å²) >= 11 is 0. The van der Waals surface area contributed by atoms with Crippen molar-refractivity contribution < 1.29 is 18.4 Å². The minimum absolute atomic E-state index is 0.0191.